The lowest BCUT2D eigenvalue weighted by Gasteiger charge is -2.36. The van der Waals surface area contributed by atoms with E-state index in [9.17, 15) is 4.79 Å². The lowest BCUT2D eigenvalue weighted by Crippen LogP contribution is -2.47. The van der Waals surface area contributed by atoms with Gasteiger partial charge in [-0.05, 0) is 46.6 Å². The fourth-order valence-corrected chi connectivity index (χ4v) is 2.20. The predicted molar refractivity (Wildman–Crippen MR) is 69.1 cm³/mol. The normalized spacial score (nSPS) is 26.6. The van der Waals surface area contributed by atoms with Crippen molar-refractivity contribution in [1.29, 1.82) is 0 Å². The second-order valence-corrected chi connectivity index (χ2v) is 6.16. The van der Waals surface area contributed by atoms with Crippen LogP contribution in [0.15, 0.2) is 0 Å². The van der Waals surface area contributed by atoms with Gasteiger partial charge in [0.05, 0.1) is 0 Å². The Bertz CT molecular complexity index is 261. The second-order valence-electron chi connectivity index (χ2n) is 6.16. The van der Waals surface area contributed by atoms with E-state index in [-0.39, 0.29) is 6.09 Å². The number of hydrogen-bond acceptors (Lipinski definition) is 3. The number of carbonyl (C=O) groups is 1. The Hall–Kier alpha value is -0.770. The van der Waals surface area contributed by atoms with Gasteiger partial charge in [-0.3, -0.25) is 0 Å². The molecule has 0 saturated carbocycles. The standard InChI is InChI=1S/C13H26N2O2/c1-10-6-7-11(15(5)9-10)8-14-12(16)17-13(2,3)4/h10-11H,6-9H2,1-5H3,(H,14,16). The van der Waals surface area contributed by atoms with Crippen molar-refractivity contribution < 1.29 is 9.53 Å². The summed E-state index contributed by atoms with van der Waals surface area (Å²) in [5, 5.41) is 2.85. The van der Waals surface area contributed by atoms with Crippen LogP contribution in [-0.4, -0.2) is 42.8 Å². The summed E-state index contributed by atoms with van der Waals surface area (Å²) in [7, 11) is 2.12. The van der Waals surface area contributed by atoms with Gasteiger partial charge in [-0.1, -0.05) is 6.92 Å². The largest absolute Gasteiger partial charge is 0.444 e. The molecule has 0 aromatic rings. The number of nitrogens with one attached hydrogen (secondary N) is 1. The molecule has 1 heterocycles. The van der Waals surface area contributed by atoms with Gasteiger partial charge < -0.3 is 15.0 Å². The summed E-state index contributed by atoms with van der Waals surface area (Å²) >= 11 is 0. The maximum atomic E-state index is 11.5. The highest BCUT2D eigenvalue weighted by Crippen LogP contribution is 2.19. The van der Waals surface area contributed by atoms with E-state index < -0.39 is 5.60 Å². The third-order valence-corrected chi connectivity index (χ3v) is 3.10. The molecule has 0 aromatic heterocycles. The summed E-state index contributed by atoms with van der Waals surface area (Å²) in [5.74, 6) is 0.762. The van der Waals surface area contributed by atoms with Crippen LogP contribution in [0.3, 0.4) is 0 Å². The first-order valence-corrected chi connectivity index (χ1v) is 6.45. The zero-order valence-corrected chi connectivity index (χ0v) is 11.7. The Morgan fingerprint density at radius 2 is 2.06 bits per heavy atom. The minimum atomic E-state index is -0.420. The van der Waals surface area contributed by atoms with Crippen molar-refractivity contribution >= 4 is 6.09 Å². The molecule has 0 radical (unpaired) electrons. The molecule has 0 aliphatic carbocycles. The number of rotatable bonds is 2. The van der Waals surface area contributed by atoms with Crippen LogP contribution in [0.4, 0.5) is 4.79 Å². The molecule has 1 aliphatic heterocycles. The number of likely N-dealkylation sites (tertiary alicyclic amines) is 1. The van der Waals surface area contributed by atoms with Gasteiger partial charge >= 0.3 is 6.09 Å². The first-order valence-electron chi connectivity index (χ1n) is 6.45. The number of likely N-dealkylation sites (N-methyl/N-ethyl adjacent to an activating group) is 1. The molecular formula is C13H26N2O2. The third kappa shape index (κ3) is 5.39. The molecule has 1 aliphatic rings. The van der Waals surface area contributed by atoms with E-state index in [2.05, 4.69) is 24.2 Å². The van der Waals surface area contributed by atoms with Crippen molar-refractivity contribution in [3.63, 3.8) is 0 Å². The fraction of sp³-hybridized carbons (Fsp3) is 0.923. The van der Waals surface area contributed by atoms with E-state index in [0.717, 1.165) is 18.9 Å². The maximum Gasteiger partial charge on any atom is 0.407 e. The van der Waals surface area contributed by atoms with Gasteiger partial charge in [-0.15, -0.1) is 0 Å². The third-order valence-electron chi connectivity index (χ3n) is 3.10. The molecule has 17 heavy (non-hydrogen) atoms. The molecule has 0 spiro atoms. The molecule has 2 unspecified atom stereocenters. The van der Waals surface area contributed by atoms with Gasteiger partial charge in [0.25, 0.3) is 0 Å². The summed E-state index contributed by atoms with van der Waals surface area (Å²) in [4.78, 5) is 13.8. The van der Waals surface area contributed by atoms with Gasteiger partial charge in [0, 0.05) is 19.1 Å². The molecule has 1 saturated heterocycles. The Balaban J connectivity index is 2.28. The van der Waals surface area contributed by atoms with Gasteiger partial charge in [0.15, 0.2) is 0 Å². The van der Waals surface area contributed by atoms with E-state index in [4.69, 9.17) is 4.74 Å². The van der Waals surface area contributed by atoms with Crippen LogP contribution in [0.2, 0.25) is 0 Å². The summed E-state index contributed by atoms with van der Waals surface area (Å²) < 4.78 is 5.22. The lowest BCUT2D eigenvalue weighted by atomic mass is 9.95. The van der Waals surface area contributed by atoms with Crippen molar-refractivity contribution in [3.8, 4) is 0 Å². The van der Waals surface area contributed by atoms with E-state index >= 15 is 0 Å². The summed E-state index contributed by atoms with van der Waals surface area (Å²) in [5.41, 5.74) is -0.420. The first-order chi connectivity index (χ1) is 7.78. The van der Waals surface area contributed by atoms with Crippen molar-refractivity contribution in [3.05, 3.63) is 0 Å². The van der Waals surface area contributed by atoms with E-state index in [1.54, 1.807) is 0 Å². The summed E-state index contributed by atoms with van der Waals surface area (Å²) in [6, 6.07) is 0.443. The average molecular weight is 242 g/mol. The highest BCUT2D eigenvalue weighted by atomic mass is 16.6. The monoisotopic (exact) mass is 242 g/mol. The smallest absolute Gasteiger partial charge is 0.407 e. The van der Waals surface area contributed by atoms with Gasteiger partial charge in [-0.2, -0.15) is 0 Å². The predicted octanol–water partition coefficient (Wildman–Crippen LogP) is 2.24. The Labute approximate surface area is 105 Å². The molecule has 4 heteroatoms. The van der Waals surface area contributed by atoms with Crippen LogP contribution in [0.25, 0.3) is 0 Å². The first kappa shape index (κ1) is 14.3. The SMILES string of the molecule is CC1CCC(CNC(=O)OC(C)(C)C)N(C)C1. The molecule has 1 rings (SSSR count). The summed E-state index contributed by atoms with van der Waals surface area (Å²) in [6.45, 7) is 9.69. The minimum Gasteiger partial charge on any atom is -0.444 e. The Morgan fingerprint density at radius 1 is 1.41 bits per heavy atom. The number of alkyl carbamates (subject to hydrolysis) is 1. The number of amides is 1. The van der Waals surface area contributed by atoms with Gasteiger partial charge in [0.1, 0.15) is 5.60 Å². The van der Waals surface area contributed by atoms with E-state index in [1.165, 1.54) is 6.42 Å². The van der Waals surface area contributed by atoms with Crippen LogP contribution in [-0.2, 0) is 4.74 Å². The van der Waals surface area contributed by atoms with Gasteiger partial charge in [-0.25, -0.2) is 4.79 Å². The second kappa shape index (κ2) is 5.71. The zero-order chi connectivity index (χ0) is 13.1. The zero-order valence-electron chi connectivity index (χ0n) is 11.7. The Morgan fingerprint density at radius 3 is 2.59 bits per heavy atom. The lowest BCUT2D eigenvalue weighted by molar-refractivity contribution is 0.0496. The number of carbonyl (C=O) groups excluding carboxylic acids is 1. The number of hydrogen-bond donors (Lipinski definition) is 1. The van der Waals surface area contributed by atoms with Crippen molar-refractivity contribution in [2.45, 2.75) is 52.2 Å². The maximum absolute atomic E-state index is 11.5. The molecule has 0 bridgehead atoms. The van der Waals surface area contributed by atoms with Crippen molar-refractivity contribution in [2.75, 3.05) is 20.1 Å². The van der Waals surface area contributed by atoms with Crippen LogP contribution in [0, 0.1) is 5.92 Å². The van der Waals surface area contributed by atoms with Crippen molar-refractivity contribution in [1.82, 2.24) is 10.2 Å². The molecule has 100 valence electrons. The minimum absolute atomic E-state index is 0.315. The molecule has 1 N–H and O–H groups in total. The van der Waals surface area contributed by atoms with Crippen LogP contribution in [0.5, 0.6) is 0 Å². The number of piperidine rings is 1. The average Bonchev–Trinajstić information content (AvgIpc) is 2.13. The van der Waals surface area contributed by atoms with Crippen LogP contribution < -0.4 is 5.32 Å². The van der Waals surface area contributed by atoms with Crippen molar-refractivity contribution in [2.24, 2.45) is 5.92 Å². The molecule has 4 nitrogen and oxygen atoms in total. The molecular weight excluding hydrogens is 216 g/mol. The number of ether oxygens (including phenoxy) is 1. The molecule has 1 fully saturated rings. The molecule has 1 amide bonds. The van der Waals surface area contributed by atoms with Crippen LogP contribution in [0.1, 0.15) is 40.5 Å². The van der Waals surface area contributed by atoms with Gasteiger partial charge in [0.2, 0.25) is 0 Å². The van der Waals surface area contributed by atoms with E-state index in [0.29, 0.717) is 12.6 Å². The highest BCUT2D eigenvalue weighted by molar-refractivity contribution is 5.67. The molecule has 0 aromatic carbocycles. The topological polar surface area (TPSA) is 41.6 Å². The Kier molecular flexibility index (Phi) is 4.80. The van der Waals surface area contributed by atoms with Crippen LogP contribution >= 0.6 is 0 Å². The fourth-order valence-electron chi connectivity index (χ4n) is 2.20. The van der Waals surface area contributed by atoms with E-state index in [1.807, 2.05) is 20.8 Å². The summed E-state index contributed by atoms with van der Waals surface area (Å²) in [6.07, 6.45) is 2.07. The molecule has 2 atom stereocenters. The highest BCUT2D eigenvalue weighted by Gasteiger charge is 2.24. The number of nitrogens with zero attached hydrogens (tertiary/aromatic N) is 1. The quantitative estimate of drug-likeness (QED) is 0.807.